The second-order valence-corrected chi connectivity index (χ2v) is 7.89. The number of rotatable bonds is 4. The highest BCUT2D eigenvalue weighted by Crippen LogP contribution is 2.44. The Bertz CT molecular complexity index is 1070. The van der Waals surface area contributed by atoms with Crippen LogP contribution in [0.5, 0.6) is 5.75 Å². The maximum Gasteiger partial charge on any atom is 0.458 e. The summed E-state index contributed by atoms with van der Waals surface area (Å²) in [5.41, 5.74) is 0.976. The molecule has 163 valence electrons. The molecule has 1 aromatic heterocycles. The summed E-state index contributed by atoms with van der Waals surface area (Å²) in [6.07, 6.45) is -2.02. The molecule has 0 unspecified atom stereocenters. The van der Waals surface area contributed by atoms with Crippen LogP contribution < -0.4 is 4.90 Å². The Balaban J connectivity index is 1.45. The third-order valence-corrected chi connectivity index (χ3v) is 5.83. The Morgan fingerprint density at radius 3 is 2.42 bits per heavy atom. The molecular weight excluding hydrogens is 415 g/mol. The Morgan fingerprint density at radius 1 is 0.968 bits per heavy atom. The summed E-state index contributed by atoms with van der Waals surface area (Å²) in [4.78, 5) is 6.49. The van der Waals surface area contributed by atoms with Gasteiger partial charge in [-0.25, -0.2) is 0 Å². The fourth-order valence-electron chi connectivity index (χ4n) is 4.16. The van der Waals surface area contributed by atoms with Gasteiger partial charge in [0.1, 0.15) is 0 Å². The molecule has 2 aromatic carbocycles. The number of halogens is 5. The van der Waals surface area contributed by atoms with Gasteiger partial charge in [-0.3, -0.25) is 10.1 Å². The van der Waals surface area contributed by atoms with Gasteiger partial charge in [-0.1, -0.05) is 18.2 Å². The van der Waals surface area contributed by atoms with Gasteiger partial charge in [0.25, 0.3) is 0 Å². The first kappa shape index (κ1) is 21.3. The maximum absolute atomic E-state index is 13.7. The van der Waals surface area contributed by atoms with Crippen molar-refractivity contribution in [3.63, 3.8) is 0 Å². The lowest BCUT2D eigenvalue weighted by molar-refractivity contribution is -0.289. The molecule has 0 atom stereocenters. The van der Waals surface area contributed by atoms with Crippen LogP contribution in [0.15, 0.2) is 54.7 Å². The number of piperidine rings is 1. The average molecular weight is 435 g/mol. The molecule has 0 N–H and O–H groups in total. The monoisotopic (exact) mass is 435 g/mol. The van der Waals surface area contributed by atoms with Crippen molar-refractivity contribution in [1.29, 1.82) is 0 Å². The molecule has 8 heteroatoms. The fourth-order valence-corrected chi connectivity index (χ4v) is 4.16. The lowest BCUT2D eigenvalue weighted by Gasteiger charge is -2.34. The van der Waals surface area contributed by atoms with Crippen LogP contribution >= 0.6 is 0 Å². The van der Waals surface area contributed by atoms with E-state index < -0.39 is 17.7 Å². The number of benzene rings is 2. The summed E-state index contributed by atoms with van der Waals surface area (Å²) in [5, 5.41) is 12.6. The number of nitrogens with zero attached hydrogens (tertiary/aromatic N) is 2. The lowest BCUT2D eigenvalue weighted by atomic mass is 9.89. The molecule has 4 rings (SSSR count). The summed E-state index contributed by atoms with van der Waals surface area (Å²) in [6, 6.07) is 11.4. The Labute approximate surface area is 176 Å². The van der Waals surface area contributed by atoms with Gasteiger partial charge in [0.2, 0.25) is 0 Å². The molecule has 0 aliphatic carbocycles. The molecule has 3 nitrogen and oxygen atoms in total. The molecule has 1 fully saturated rings. The molecular formula is C23H20F5N2O. The smallest absolute Gasteiger partial charge is 0.370 e. The van der Waals surface area contributed by atoms with E-state index in [0.717, 1.165) is 30.7 Å². The summed E-state index contributed by atoms with van der Waals surface area (Å²) in [5.74, 6) is -4.78. The first-order valence-corrected chi connectivity index (χ1v) is 10.0. The second-order valence-electron chi connectivity index (χ2n) is 7.89. The first-order valence-electron chi connectivity index (χ1n) is 10.0. The predicted octanol–water partition coefficient (Wildman–Crippen LogP) is 6.49. The van der Waals surface area contributed by atoms with E-state index in [1.54, 1.807) is 30.5 Å². The zero-order valence-corrected chi connectivity index (χ0v) is 16.5. The Morgan fingerprint density at radius 2 is 1.71 bits per heavy atom. The van der Waals surface area contributed by atoms with Gasteiger partial charge in [-0.2, -0.15) is 22.0 Å². The van der Waals surface area contributed by atoms with Crippen LogP contribution in [0.3, 0.4) is 0 Å². The van der Waals surface area contributed by atoms with E-state index in [0.29, 0.717) is 36.0 Å². The quantitative estimate of drug-likeness (QED) is 0.439. The summed E-state index contributed by atoms with van der Waals surface area (Å²) >= 11 is 0. The minimum atomic E-state index is -5.62. The Hall–Kier alpha value is -2.90. The van der Waals surface area contributed by atoms with Gasteiger partial charge in [0.15, 0.2) is 5.75 Å². The third-order valence-electron chi connectivity index (χ3n) is 5.83. The topological polar surface area (TPSA) is 36.0 Å². The zero-order chi connectivity index (χ0) is 22.2. The van der Waals surface area contributed by atoms with Crippen LogP contribution in [-0.4, -0.2) is 24.2 Å². The summed E-state index contributed by atoms with van der Waals surface area (Å²) in [6.45, 7) is 1.37. The van der Waals surface area contributed by atoms with E-state index in [4.69, 9.17) is 0 Å². The minimum absolute atomic E-state index is 0.0859. The molecule has 0 amide bonds. The highest BCUT2D eigenvalue weighted by atomic mass is 19.4. The zero-order valence-electron chi connectivity index (χ0n) is 16.5. The number of anilines is 1. The number of fused-ring (bicyclic) bond motifs is 1. The number of pyridine rings is 1. The van der Waals surface area contributed by atoms with Crippen LogP contribution in [0.25, 0.3) is 10.9 Å². The molecule has 1 aliphatic rings. The highest BCUT2D eigenvalue weighted by Gasteiger charge is 2.58. The molecule has 0 spiro atoms. The summed E-state index contributed by atoms with van der Waals surface area (Å²) < 4.78 is 65.3. The second kappa shape index (κ2) is 7.98. The Kier molecular flexibility index (Phi) is 5.49. The van der Waals surface area contributed by atoms with Crippen molar-refractivity contribution >= 4 is 16.6 Å². The summed E-state index contributed by atoms with van der Waals surface area (Å²) in [7, 11) is 0. The minimum Gasteiger partial charge on any atom is -0.370 e. The van der Waals surface area contributed by atoms with Crippen molar-refractivity contribution in [3.8, 4) is 5.75 Å². The van der Waals surface area contributed by atoms with Crippen molar-refractivity contribution in [1.82, 2.24) is 4.98 Å². The van der Waals surface area contributed by atoms with Gasteiger partial charge in [-0.15, -0.1) is 0 Å². The predicted molar refractivity (Wildman–Crippen MR) is 107 cm³/mol. The lowest BCUT2D eigenvalue weighted by Crippen LogP contribution is -2.35. The van der Waals surface area contributed by atoms with Crippen LogP contribution in [0.4, 0.5) is 27.6 Å². The van der Waals surface area contributed by atoms with Crippen molar-refractivity contribution in [2.75, 3.05) is 18.0 Å². The molecule has 1 radical (unpaired) electrons. The normalized spacial score (nSPS) is 16.1. The van der Waals surface area contributed by atoms with Crippen LogP contribution in [-0.2, 0) is 17.4 Å². The largest absolute Gasteiger partial charge is 0.458 e. The molecule has 31 heavy (non-hydrogen) atoms. The van der Waals surface area contributed by atoms with Crippen molar-refractivity contribution in [3.05, 3.63) is 65.9 Å². The van der Waals surface area contributed by atoms with Gasteiger partial charge in [-0.05, 0) is 61.1 Å². The van der Waals surface area contributed by atoms with Gasteiger partial charge in [0.05, 0.1) is 11.2 Å². The highest BCUT2D eigenvalue weighted by molar-refractivity contribution is 5.94. The van der Waals surface area contributed by atoms with Crippen molar-refractivity contribution in [2.45, 2.75) is 31.4 Å². The number of alkyl halides is 5. The molecule has 0 bridgehead atoms. The molecule has 3 aromatic rings. The van der Waals surface area contributed by atoms with Crippen LogP contribution in [0.1, 0.15) is 24.0 Å². The number of hydrogen-bond acceptors (Lipinski definition) is 2. The third kappa shape index (κ3) is 4.16. The van der Waals surface area contributed by atoms with E-state index in [9.17, 15) is 27.1 Å². The fraction of sp³-hybridized carbons (Fsp3) is 0.348. The number of aromatic nitrogens is 1. The average Bonchev–Trinajstić information content (AvgIpc) is 2.74. The van der Waals surface area contributed by atoms with Gasteiger partial charge < -0.3 is 4.90 Å². The van der Waals surface area contributed by atoms with Crippen molar-refractivity contribution < 1.29 is 27.1 Å². The van der Waals surface area contributed by atoms with E-state index in [-0.39, 0.29) is 11.7 Å². The van der Waals surface area contributed by atoms with Crippen molar-refractivity contribution in [2.24, 2.45) is 5.92 Å². The SMILES string of the molecule is [O]c1ccc(N2CCC(Cc3cccc(C(F)(F)C(F)(F)F)c3)CC2)c2ncccc12. The number of hydrogen-bond donors (Lipinski definition) is 0. The molecule has 1 aliphatic heterocycles. The van der Waals surface area contributed by atoms with E-state index >= 15 is 0 Å². The standard InChI is InChI=1S/C23H20F5N2O/c24-22(25,23(26,27)28)17-4-1-3-16(14-17)13-15-8-11-30(12-9-15)19-6-7-20(31)18-5-2-10-29-21(18)19/h1-7,10,14-15H,8-9,11-13H2. The van der Waals surface area contributed by atoms with E-state index in [1.165, 1.54) is 12.1 Å². The van der Waals surface area contributed by atoms with E-state index in [1.807, 2.05) is 0 Å². The molecule has 0 saturated carbocycles. The van der Waals surface area contributed by atoms with Gasteiger partial charge >= 0.3 is 12.1 Å². The first-order chi connectivity index (χ1) is 14.7. The van der Waals surface area contributed by atoms with Crippen LogP contribution in [0, 0.1) is 5.92 Å². The maximum atomic E-state index is 13.7. The molecule has 2 heterocycles. The van der Waals surface area contributed by atoms with Gasteiger partial charge in [0, 0.05) is 30.2 Å². The van der Waals surface area contributed by atoms with Crippen LogP contribution in [0.2, 0.25) is 0 Å². The molecule has 1 saturated heterocycles. The van der Waals surface area contributed by atoms with E-state index in [2.05, 4.69) is 9.88 Å².